The second-order valence-electron chi connectivity index (χ2n) is 3.48. The highest BCUT2D eigenvalue weighted by Crippen LogP contribution is 2.38. The van der Waals surface area contributed by atoms with Crippen molar-refractivity contribution in [3.05, 3.63) is 12.1 Å². The maximum absolute atomic E-state index is 9.63. The van der Waals surface area contributed by atoms with Crippen LogP contribution in [0.15, 0.2) is 12.1 Å². The summed E-state index contributed by atoms with van der Waals surface area (Å²) in [6.45, 7) is 4.94. The van der Waals surface area contributed by atoms with Crippen LogP contribution in [0.1, 0.15) is 26.7 Å². The molecule has 0 saturated carbocycles. The third-order valence-corrected chi connectivity index (χ3v) is 1.96. The number of phenols is 2. The van der Waals surface area contributed by atoms with E-state index in [2.05, 4.69) is 0 Å². The van der Waals surface area contributed by atoms with Gasteiger partial charge >= 0.3 is 0 Å². The van der Waals surface area contributed by atoms with Crippen LogP contribution >= 0.6 is 0 Å². The molecule has 90 valence electrons. The summed E-state index contributed by atoms with van der Waals surface area (Å²) in [5.41, 5.74) is 0. The standard InChI is InChI=1S/C12H18O4/c1-3-5-15-11-7-10(14)12(8-9(11)13)16-6-4-2/h7-8,13-14H,3-6H2,1-2H3. The number of phenolic OH excluding ortho intramolecular Hbond substituents is 2. The highest BCUT2D eigenvalue weighted by Gasteiger charge is 2.10. The minimum atomic E-state index is -0.0163. The number of hydrogen-bond acceptors (Lipinski definition) is 4. The summed E-state index contributed by atoms with van der Waals surface area (Å²) in [5, 5.41) is 19.3. The van der Waals surface area contributed by atoms with Gasteiger partial charge in [-0.1, -0.05) is 13.8 Å². The molecule has 4 nitrogen and oxygen atoms in total. The van der Waals surface area contributed by atoms with E-state index >= 15 is 0 Å². The Morgan fingerprint density at radius 3 is 1.56 bits per heavy atom. The van der Waals surface area contributed by atoms with Gasteiger partial charge in [-0.3, -0.25) is 0 Å². The molecule has 0 saturated heterocycles. The Morgan fingerprint density at radius 2 is 1.25 bits per heavy atom. The molecule has 0 unspecified atom stereocenters. The highest BCUT2D eigenvalue weighted by atomic mass is 16.5. The predicted molar refractivity (Wildman–Crippen MR) is 61.3 cm³/mol. The first-order valence-electron chi connectivity index (χ1n) is 5.50. The Kier molecular flexibility index (Phi) is 4.76. The fraction of sp³-hybridized carbons (Fsp3) is 0.500. The van der Waals surface area contributed by atoms with Crippen molar-refractivity contribution < 1.29 is 19.7 Å². The van der Waals surface area contributed by atoms with Crippen molar-refractivity contribution in [1.29, 1.82) is 0 Å². The molecular formula is C12H18O4. The van der Waals surface area contributed by atoms with Crippen LogP contribution in [0.4, 0.5) is 0 Å². The van der Waals surface area contributed by atoms with Crippen LogP contribution in [0.2, 0.25) is 0 Å². The van der Waals surface area contributed by atoms with Gasteiger partial charge in [0.2, 0.25) is 0 Å². The Bertz CT molecular complexity index is 302. The Balaban J connectivity index is 2.79. The van der Waals surface area contributed by atoms with Gasteiger partial charge in [0, 0.05) is 12.1 Å². The molecule has 0 aliphatic rings. The summed E-state index contributed by atoms with van der Waals surface area (Å²) < 4.78 is 10.5. The zero-order valence-electron chi connectivity index (χ0n) is 9.69. The molecule has 0 fully saturated rings. The SMILES string of the molecule is CCCOc1cc(O)c(OCCC)cc1O. The molecular weight excluding hydrogens is 208 g/mol. The van der Waals surface area contributed by atoms with E-state index < -0.39 is 0 Å². The molecule has 0 radical (unpaired) electrons. The van der Waals surface area contributed by atoms with Gasteiger partial charge < -0.3 is 19.7 Å². The van der Waals surface area contributed by atoms with E-state index in [4.69, 9.17) is 9.47 Å². The van der Waals surface area contributed by atoms with Crippen molar-refractivity contribution in [2.24, 2.45) is 0 Å². The number of rotatable bonds is 6. The third-order valence-electron chi connectivity index (χ3n) is 1.96. The van der Waals surface area contributed by atoms with E-state index in [1.165, 1.54) is 12.1 Å². The monoisotopic (exact) mass is 226 g/mol. The minimum Gasteiger partial charge on any atom is -0.504 e. The van der Waals surface area contributed by atoms with E-state index in [1.54, 1.807) is 0 Å². The van der Waals surface area contributed by atoms with Crippen molar-refractivity contribution >= 4 is 0 Å². The highest BCUT2D eigenvalue weighted by molar-refractivity contribution is 5.52. The summed E-state index contributed by atoms with van der Waals surface area (Å²) >= 11 is 0. The molecule has 0 aliphatic carbocycles. The molecule has 1 rings (SSSR count). The molecule has 1 aromatic carbocycles. The summed E-state index contributed by atoms with van der Waals surface area (Å²) in [5.74, 6) is 0.529. The first kappa shape index (κ1) is 12.5. The largest absolute Gasteiger partial charge is 0.504 e. The minimum absolute atomic E-state index is 0.0163. The molecule has 4 heteroatoms. The molecule has 0 atom stereocenters. The topological polar surface area (TPSA) is 58.9 Å². The van der Waals surface area contributed by atoms with E-state index in [9.17, 15) is 10.2 Å². The third kappa shape index (κ3) is 3.22. The van der Waals surface area contributed by atoms with Crippen LogP contribution in [0.5, 0.6) is 23.0 Å². The zero-order chi connectivity index (χ0) is 12.0. The smallest absolute Gasteiger partial charge is 0.164 e. The number of hydrogen-bond donors (Lipinski definition) is 2. The predicted octanol–water partition coefficient (Wildman–Crippen LogP) is 2.68. The lowest BCUT2D eigenvalue weighted by Crippen LogP contribution is -1.98. The quantitative estimate of drug-likeness (QED) is 0.732. The lowest BCUT2D eigenvalue weighted by Gasteiger charge is -2.11. The van der Waals surface area contributed by atoms with Crippen molar-refractivity contribution in [2.45, 2.75) is 26.7 Å². The second kappa shape index (κ2) is 6.10. The van der Waals surface area contributed by atoms with Crippen LogP contribution in [-0.4, -0.2) is 23.4 Å². The molecule has 16 heavy (non-hydrogen) atoms. The molecule has 0 bridgehead atoms. The van der Waals surface area contributed by atoms with Gasteiger partial charge in [-0.2, -0.15) is 0 Å². The van der Waals surface area contributed by atoms with Crippen molar-refractivity contribution in [1.82, 2.24) is 0 Å². The molecule has 1 aromatic rings. The lowest BCUT2D eigenvalue weighted by molar-refractivity contribution is 0.281. The average Bonchev–Trinajstić information content (AvgIpc) is 2.28. The average molecular weight is 226 g/mol. The second-order valence-corrected chi connectivity index (χ2v) is 3.48. The van der Waals surface area contributed by atoms with Crippen molar-refractivity contribution in [3.63, 3.8) is 0 Å². The lowest BCUT2D eigenvalue weighted by atomic mass is 10.2. The van der Waals surface area contributed by atoms with Crippen molar-refractivity contribution in [2.75, 3.05) is 13.2 Å². The zero-order valence-corrected chi connectivity index (χ0v) is 9.69. The summed E-state index contributed by atoms with van der Waals surface area (Å²) in [7, 11) is 0. The number of benzene rings is 1. The Morgan fingerprint density at radius 1 is 0.875 bits per heavy atom. The fourth-order valence-corrected chi connectivity index (χ4v) is 1.19. The van der Waals surface area contributed by atoms with Crippen LogP contribution < -0.4 is 9.47 Å². The van der Waals surface area contributed by atoms with Gasteiger partial charge in [0.15, 0.2) is 23.0 Å². The van der Waals surface area contributed by atoms with Gasteiger partial charge in [0.1, 0.15) is 0 Å². The summed E-state index contributed by atoms with van der Waals surface area (Å²) in [6, 6.07) is 2.74. The first-order valence-corrected chi connectivity index (χ1v) is 5.50. The van der Waals surface area contributed by atoms with E-state index in [0.29, 0.717) is 13.2 Å². The van der Waals surface area contributed by atoms with Crippen LogP contribution in [0.3, 0.4) is 0 Å². The van der Waals surface area contributed by atoms with Crippen LogP contribution in [0, 0.1) is 0 Å². The van der Waals surface area contributed by atoms with Gasteiger partial charge in [-0.25, -0.2) is 0 Å². The van der Waals surface area contributed by atoms with Gasteiger partial charge in [0.25, 0.3) is 0 Å². The van der Waals surface area contributed by atoms with E-state index in [1.807, 2.05) is 13.8 Å². The molecule has 0 heterocycles. The normalized spacial score (nSPS) is 10.1. The van der Waals surface area contributed by atoms with Crippen molar-refractivity contribution in [3.8, 4) is 23.0 Å². The molecule has 0 aliphatic heterocycles. The summed E-state index contributed by atoms with van der Waals surface area (Å²) in [4.78, 5) is 0. The maximum Gasteiger partial charge on any atom is 0.164 e. The van der Waals surface area contributed by atoms with Crippen LogP contribution in [-0.2, 0) is 0 Å². The van der Waals surface area contributed by atoms with Gasteiger partial charge in [0.05, 0.1) is 13.2 Å². The Hall–Kier alpha value is -1.58. The van der Waals surface area contributed by atoms with E-state index in [-0.39, 0.29) is 23.0 Å². The molecule has 0 spiro atoms. The molecule has 0 aromatic heterocycles. The first-order chi connectivity index (χ1) is 7.69. The molecule has 2 N–H and O–H groups in total. The number of aromatic hydroxyl groups is 2. The van der Waals surface area contributed by atoms with Crippen LogP contribution in [0.25, 0.3) is 0 Å². The van der Waals surface area contributed by atoms with E-state index in [0.717, 1.165) is 12.8 Å². The maximum atomic E-state index is 9.63. The van der Waals surface area contributed by atoms with Gasteiger partial charge in [-0.15, -0.1) is 0 Å². The molecule has 0 amide bonds. The fourth-order valence-electron chi connectivity index (χ4n) is 1.19. The summed E-state index contributed by atoms with van der Waals surface area (Å²) in [6.07, 6.45) is 1.68. The Labute approximate surface area is 95.4 Å². The number of ether oxygens (including phenoxy) is 2. The van der Waals surface area contributed by atoms with Gasteiger partial charge in [-0.05, 0) is 12.8 Å².